The number of nitrogens with one attached hydrogen (secondary N) is 1. The first-order valence-corrected chi connectivity index (χ1v) is 6.33. The molecule has 0 bridgehead atoms. The zero-order valence-electron chi connectivity index (χ0n) is 9.88. The molecule has 1 atom stereocenters. The summed E-state index contributed by atoms with van der Waals surface area (Å²) in [5.41, 5.74) is 1.02. The Kier molecular flexibility index (Phi) is 4.37. The predicted octanol–water partition coefficient (Wildman–Crippen LogP) is 3.31. The van der Waals surface area contributed by atoms with Crippen LogP contribution in [0.1, 0.15) is 31.4 Å². The topological polar surface area (TPSA) is 21.3 Å². The summed E-state index contributed by atoms with van der Waals surface area (Å²) in [5, 5.41) is 3.70. The van der Waals surface area contributed by atoms with Crippen molar-refractivity contribution in [2.24, 2.45) is 0 Å². The summed E-state index contributed by atoms with van der Waals surface area (Å²) in [6.07, 6.45) is 2.05. The van der Waals surface area contributed by atoms with Gasteiger partial charge in [0.25, 0.3) is 0 Å². The van der Waals surface area contributed by atoms with Gasteiger partial charge in [-0.1, -0.05) is 17.7 Å². The molecule has 0 spiro atoms. The van der Waals surface area contributed by atoms with Crippen LogP contribution in [0.25, 0.3) is 0 Å². The van der Waals surface area contributed by atoms with E-state index >= 15 is 0 Å². The highest BCUT2D eigenvalue weighted by molar-refractivity contribution is 6.30. The van der Waals surface area contributed by atoms with Crippen LogP contribution in [-0.2, 0) is 4.74 Å². The van der Waals surface area contributed by atoms with E-state index in [1.54, 1.807) is 12.1 Å². The third-order valence-electron chi connectivity index (χ3n) is 3.15. The molecule has 0 radical (unpaired) electrons. The Hall–Kier alpha value is -0.640. The van der Waals surface area contributed by atoms with Gasteiger partial charge < -0.3 is 10.1 Å². The largest absolute Gasteiger partial charge is 0.381 e. The van der Waals surface area contributed by atoms with Crippen molar-refractivity contribution in [1.82, 2.24) is 5.32 Å². The van der Waals surface area contributed by atoms with E-state index in [1.165, 1.54) is 6.07 Å². The third kappa shape index (κ3) is 3.41. The predicted molar refractivity (Wildman–Crippen MR) is 66.8 cm³/mol. The van der Waals surface area contributed by atoms with Gasteiger partial charge in [-0.2, -0.15) is 0 Å². The SMILES string of the molecule is CC(NC1CCOCC1)c1ccc(F)c(Cl)c1. The summed E-state index contributed by atoms with van der Waals surface area (Å²) in [6.45, 7) is 3.70. The maximum Gasteiger partial charge on any atom is 0.141 e. The van der Waals surface area contributed by atoms with Gasteiger partial charge in [-0.3, -0.25) is 0 Å². The first-order chi connectivity index (χ1) is 8.16. The molecule has 0 aromatic heterocycles. The van der Waals surface area contributed by atoms with Gasteiger partial charge in [0.1, 0.15) is 5.82 Å². The monoisotopic (exact) mass is 257 g/mol. The van der Waals surface area contributed by atoms with Crippen LogP contribution in [0.15, 0.2) is 18.2 Å². The van der Waals surface area contributed by atoms with Gasteiger partial charge in [-0.15, -0.1) is 0 Å². The van der Waals surface area contributed by atoms with Crippen LogP contribution in [0.5, 0.6) is 0 Å². The Labute approximate surface area is 106 Å². The molecule has 1 aromatic rings. The Balaban J connectivity index is 1.98. The first-order valence-electron chi connectivity index (χ1n) is 5.95. The van der Waals surface area contributed by atoms with Gasteiger partial charge in [-0.05, 0) is 37.5 Å². The maximum atomic E-state index is 13.1. The maximum absolute atomic E-state index is 13.1. The van der Waals surface area contributed by atoms with E-state index in [4.69, 9.17) is 16.3 Å². The second-order valence-electron chi connectivity index (χ2n) is 4.45. The molecule has 0 aliphatic carbocycles. The lowest BCUT2D eigenvalue weighted by molar-refractivity contribution is 0.0754. The van der Waals surface area contributed by atoms with Crippen molar-refractivity contribution >= 4 is 11.6 Å². The van der Waals surface area contributed by atoms with Crippen molar-refractivity contribution in [3.63, 3.8) is 0 Å². The van der Waals surface area contributed by atoms with Gasteiger partial charge in [-0.25, -0.2) is 4.39 Å². The Bertz CT molecular complexity index is 380. The van der Waals surface area contributed by atoms with Gasteiger partial charge in [0, 0.05) is 25.3 Å². The third-order valence-corrected chi connectivity index (χ3v) is 3.44. The summed E-state index contributed by atoms with van der Waals surface area (Å²) in [6, 6.07) is 5.53. The minimum Gasteiger partial charge on any atom is -0.381 e. The van der Waals surface area contributed by atoms with Crippen molar-refractivity contribution < 1.29 is 9.13 Å². The van der Waals surface area contributed by atoms with Crippen LogP contribution in [0.4, 0.5) is 4.39 Å². The van der Waals surface area contributed by atoms with E-state index in [9.17, 15) is 4.39 Å². The molecule has 1 fully saturated rings. The minimum atomic E-state index is -0.367. The molecule has 0 saturated carbocycles. The lowest BCUT2D eigenvalue weighted by Gasteiger charge is -2.27. The van der Waals surface area contributed by atoms with E-state index in [0.717, 1.165) is 31.6 Å². The number of rotatable bonds is 3. The van der Waals surface area contributed by atoms with Crippen molar-refractivity contribution in [1.29, 1.82) is 0 Å². The van der Waals surface area contributed by atoms with Crippen molar-refractivity contribution in [2.45, 2.75) is 31.8 Å². The molecular formula is C13H17ClFNO. The van der Waals surface area contributed by atoms with Crippen molar-refractivity contribution in [3.05, 3.63) is 34.6 Å². The molecule has 0 amide bonds. The number of hydrogen-bond donors (Lipinski definition) is 1. The summed E-state index contributed by atoms with van der Waals surface area (Å²) in [7, 11) is 0. The molecule has 2 nitrogen and oxygen atoms in total. The number of halogens is 2. The molecule has 1 aromatic carbocycles. The molecule has 4 heteroatoms. The summed E-state index contributed by atoms with van der Waals surface area (Å²) < 4.78 is 18.4. The average Bonchev–Trinajstić information content (AvgIpc) is 2.34. The van der Waals surface area contributed by atoms with Crippen LogP contribution in [0.3, 0.4) is 0 Å². The van der Waals surface area contributed by atoms with Gasteiger partial charge in [0.2, 0.25) is 0 Å². The Morgan fingerprint density at radius 3 is 2.76 bits per heavy atom. The van der Waals surface area contributed by atoms with Crippen LogP contribution >= 0.6 is 11.6 Å². The second-order valence-corrected chi connectivity index (χ2v) is 4.86. The number of hydrogen-bond acceptors (Lipinski definition) is 2. The smallest absolute Gasteiger partial charge is 0.141 e. The summed E-state index contributed by atoms with van der Waals surface area (Å²) in [4.78, 5) is 0. The lowest BCUT2D eigenvalue weighted by atomic mass is 10.0. The van der Waals surface area contributed by atoms with Crippen LogP contribution in [0, 0.1) is 5.82 Å². The molecule has 1 N–H and O–H groups in total. The first kappa shape index (κ1) is 12.8. The van der Waals surface area contributed by atoms with E-state index in [-0.39, 0.29) is 16.9 Å². The Morgan fingerprint density at radius 2 is 2.12 bits per heavy atom. The standard InChI is InChI=1S/C13H17ClFNO/c1-9(16-11-4-6-17-7-5-11)10-2-3-13(15)12(14)8-10/h2-3,8-9,11,16H,4-7H2,1H3. The Morgan fingerprint density at radius 1 is 1.41 bits per heavy atom. The second kappa shape index (κ2) is 5.80. The lowest BCUT2D eigenvalue weighted by Crippen LogP contribution is -2.36. The van der Waals surface area contributed by atoms with Crippen LogP contribution in [0.2, 0.25) is 5.02 Å². The highest BCUT2D eigenvalue weighted by Gasteiger charge is 2.17. The normalized spacial score (nSPS) is 19.2. The molecule has 94 valence electrons. The fourth-order valence-corrected chi connectivity index (χ4v) is 2.28. The molecule has 1 heterocycles. The van der Waals surface area contributed by atoms with Crippen LogP contribution < -0.4 is 5.32 Å². The summed E-state index contributed by atoms with van der Waals surface area (Å²) in [5.74, 6) is -0.367. The highest BCUT2D eigenvalue weighted by Crippen LogP contribution is 2.22. The highest BCUT2D eigenvalue weighted by atomic mass is 35.5. The molecule has 1 aliphatic heterocycles. The molecular weight excluding hydrogens is 241 g/mol. The van der Waals surface area contributed by atoms with Gasteiger partial charge >= 0.3 is 0 Å². The quantitative estimate of drug-likeness (QED) is 0.897. The molecule has 1 saturated heterocycles. The average molecular weight is 258 g/mol. The van der Waals surface area contributed by atoms with E-state index in [0.29, 0.717) is 6.04 Å². The van der Waals surface area contributed by atoms with E-state index in [1.807, 2.05) is 0 Å². The van der Waals surface area contributed by atoms with E-state index < -0.39 is 0 Å². The molecule has 1 aliphatic rings. The fourth-order valence-electron chi connectivity index (χ4n) is 2.10. The molecule has 2 rings (SSSR count). The fraction of sp³-hybridized carbons (Fsp3) is 0.538. The summed E-state index contributed by atoms with van der Waals surface area (Å²) >= 11 is 5.78. The molecule has 1 unspecified atom stereocenters. The zero-order valence-corrected chi connectivity index (χ0v) is 10.6. The van der Waals surface area contributed by atoms with Crippen LogP contribution in [-0.4, -0.2) is 19.3 Å². The minimum absolute atomic E-state index is 0.177. The number of benzene rings is 1. The van der Waals surface area contributed by atoms with Gasteiger partial charge in [0.05, 0.1) is 5.02 Å². The van der Waals surface area contributed by atoms with Gasteiger partial charge in [0.15, 0.2) is 0 Å². The van der Waals surface area contributed by atoms with Crippen molar-refractivity contribution in [3.8, 4) is 0 Å². The van der Waals surface area contributed by atoms with Crippen molar-refractivity contribution in [2.75, 3.05) is 13.2 Å². The zero-order chi connectivity index (χ0) is 12.3. The van der Waals surface area contributed by atoms with E-state index in [2.05, 4.69) is 12.2 Å². The molecule has 17 heavy (non-hydrogen) atoms. The number of ether oxygens (including phenoxy) is 1.